The van der Waals surface area contributed by atoms with Crippen LogP contribution in [0, 0.1) is 5.92 Å². The number of nitrogens with zero attached hydrogens (tertiary/aromatic N) is 1. The number of ether oxygens (including phenoxy) is 1. The molecule has 6 nitrogen and oxygen atoms in total. The van der Waals surface area contributed by atoms with E-state index in [2.05, 4.69) is 5.32 Å². The number of rotatable bonds is 6. The van der Waals surface area contributed by atoms with Crippen molar-refractivity contribution in [1.29, 1.82) is 0 Å². The third-order valence-corrected chi connectivity index (χ3v) is 4.03. The molecule has 2 amide bonds. The first-order valence-corrected chi connectivity index (χ1v) is 8.00. The lowest BCUT2D eigenvalue weighted by molar-refractivity contribution is -0.126. The fourth-order valence-electron chi connectivity index (χ4n) is 2.81. The number of hydrogen-bond acceptors (Lipinski definition) is 4. The van der Waals surface area contributed by atoms with Crippen molar-refractivity contribution < 1.29 is 14.3 Å². The Balaban J connectivity index is 1.97. The summed E-state index contributed by atoms with van der Waals surface area (Å²) in [7, 11) is 1.64. The quantitative estimate of drug-likeness (QED) is 0.811. The van der Waals surface area contributed by atoms with Crippen molar-refractivity contribution in [3.8, 4) is 0 Å². The normalized spacial score (nSPS) is 17.8. The predicted molar refractivity (Wildman–Crippen MR) is 87.8 cm³/mol. The number of piperidine rings is 1. The molecule has 0 bridgehead atoms. The maximum Gasteiger partial charge on any atom is 0.253 e. The molecule has 1 aromatic rings. The van der Waals surface area contributed by atoms with Gasteiger partial charge in [0, 0.05) is 38.9 Å². The summed E-state index contributed by atoms with van der Waals surface area (Å²) in [6.45, 7) is 2.59. The predicted octanol–water partition coefficient (Wildman–Crippen LogP) is 0.760. The van der Waals surface area contributed by atoms with Crippen molar-refractivity contribution in [2.75, 3.05) is 33.3 Å². The van der Waals surface area contributed by atoms with E-state index in [4.69, 9.17) is 10.5 Å². The molecule has 0 aliphatic carbocycles. The van der Waals surface area contributed by atoms with Crippen LogP contribution in [0.2, 0.25) is 0 Å². The number of amides is 2. The van der Waals surface area contributed by atoms with E-state index in [0.717, 1.165) is 18.4 Å². The molecule has 1 aliphatic heterocycles. The highest BCUT2D eigenvalue weighted by Gasteiger charge is 2.28. The minimum absolute atomic E-state index is 0.0107. The van der Waals surface area contributed by atoms with Gasteiger partial charge in [-0.25, -0.2) is 0 Å². The Morgan fingerprint density at radius 1 is 1.35 bits per heavy atom. The molecular weight excluding hydrogens is 294 g/mol. The summed E-state index contributed by atoms with van der Waals surface area (Å²) in [6, 6.07) is 7.42. The maximum atomic E-state index is 12.6. The van der Waals surface area contributed by atoms with E-state index in [9.17, 15) is 9.59 Å². The lowest BCUT2D eigenvalue weighted by atomic mass is 9.96. The molecule has 0 radical (unpaired) electrons. The van der Waals surface area contributed by atoms with Crippen LogP contribution in [-0.4, -0.2) is 50.0 Å². The van der Waals surface area contributed by atoms with E-state index in [1.165, 1.54) is 0 Å². The first-order valence-electron chi connectivity index (χ1n) is 8.00. The molecule has 23 heavy (non-hydrogen) atoms. The minimum Gasteiger partial charge on any atom is -0.380 e. The Kier molecular flexibility index (Phi) is 6.55. The molecular formula is C17H25N3O3. The zero-order chi connectivity index (χ0) is 16.7. The van der Waals surface area contributed by atoms with Gasteiger partial charge in [0.1, 0.15) is 0 Å². The van der Waals surface area contributed by atoms with Crippen LogP contribution in [0.25, 0.3) is 0 Å². The van der Waals surface area contributed by atoms with Gasteiger partial charge < -0.3 is 20.7 Å². The van der Waals surface area contributed by atoms with E-state index in [1.807, 2.05) is 24.3 Å². The summed E-state index contributed by atoms with van der Waals surface area (Å²) in [4.78, 5) is 26.4. The van der Waals surface area contributed by atoms with Crippen LogP contribution in [0.1, 0.15) is 28.8 Å². The highest BCUT2D eigenvalue weighted by Crippen LogP contribution is 2.19. The van der Waals surface area contributed by atoms with E-state index in [1.54, 1.807) is 12.0 Å². The van der Waals surface area contributed by atoms with Crippen molar-refractivity contribution >= 4 is 11.8 Å². The first-order chi connectivity index (χ1) is 11.2. The van der Waals surface area contributed by atoms with Gasteiger partial charge in [-0.3, -0.25) is 9.59 Å². The fraction of sp³-hybridized carbons (Fsp3) is 0.529. The monoisotopic (exact) mass is 319 g/mol. The molecule has 1 fully saturated rings. The standard InChI is InChI=1S/C17H25N3O3/c1-23-12-13-4-6-14(7-5-13)17(22)20-10-2-3-15(11-20)16(21)19-9-8-18/h4-7,15H,2-3,8-12,18H2,1H3,(H,19,21). The van der Waals surface area contributed by atoms with Crippen molar-refractivity contribution in [2.45, 2.75) is 19.4 Å². The Hall–Kier alpha value is -1.92. The Morgan fingerprint density at radius 2 is 2.09 bits per heavy atom. The van der Waals surface area contributed by atoms with Crippen LogP contribution >= 0.6 is 0 Å². The molecule has 1 heterocycles. The highest BCUT2D eigenvalue weighted by molar-refractivity contribution is 5.94. The number of carbonyl (C=O) groups excluding carboxylic acids is 2. The second-order valence-electron chi connectivity index (χ2n) is 5.80. The van der Waals surface area contributed by atoms with Crippen LogP contribution < -0.4 is 11.1 Å². The molecule has 2 rings (SSSR count). The SMILES string of the molecule is COCc1ccc(C(=O)N2CCCC(C(=O)NCCN)C2)cc1. The summed E-state index contributed by atoms with van der Waals surface area (Å²) < 4.78 is 5.07. The number of carbonyl (C=O) groups is 2. The maximum absolute atomic E-state index is 12.6. The molecule has 3 N–H and O–H groups in total. The molecule has 126 valence electrons. The topological polar surface area (TPSA) is 84.7 Å². The third kappa shape index (κ3) is 4.77. The zero-order valence-corrected chi connectivity index (χ0v) is 13.6. The van der Waals surface area contributed by atoms with Crippen LogP contribution in [0.3, 0.4) is 0 Å². The lowest BCUT2D eigenvalue weighted by Crippen LogP contribution is -2.46. The van der Waals surface area contributed by atoms with Crippen LogP contribution in [0.5, 0.6) is 0 Å². The van der Waals surface area contributed by atoms with Gasteiger partial charge in [0.05, 0.1) is 12.5 Å². The van der Waals surface area contributed by atoms with Crippen molar-refractivity contribution in [3.63, 3.8) is 0 Å². The lowest BCUT2D eigenvalue weighted by Gasteiger charge is -2.32. The van der Waals surface area contributed by atoms with E-state index in [0.29, 0.717) is 38.3 Å². The smallest absolute Gasteiger partial charge is 0.253 e. The largest absolute Gasteiger partial charge is 0.380 e. The number of benzene rings is 1. The second-order valence-corrected chi connectivity index (χ2v) is 5.80. The van der Waals surface area contributed by atoms with Crippen molar-refractivity contribution in [1.82, 2.24) is 10.2 Å². The molecule has 0 aromatic heterocycles. The Morgan fingerprint density at radius 3 is 2.74 bits per heavy atom. The fourth-order valence-corrected chi connectivity index (χ4v) is 2.81. The molecule has 0 saturated carbocycles. The third-order valence-electron chi connectivity index (χ3n) is 4.03. The van der Waals surface area contributed by atoms with Gasteiger partial charge in [-0.1, -0.05) is 12.1 Å². The number of nitrogens with two attached hydrogens (primary N) is 1. The molecule has 1 aliphatic rings. The average molecular weight is 319 g/mol. The Labute approximate surface area is 137 Å². The van der Waals surface area contributed by atoms with E-state index in [-0.39, 0.29) is 17.7 Å². The first kappa shape index (κ1) is 17.4. The summed E-state index contributed by atoms with van der Waals surface area (Å²) in [5.41, 5.74) is 7.08. The van der Waals surface area contributed by atoms with Gasteiger partial charge in [0.15, 0.2) is 0 Å². The van der Waals surface area contributed by atoms with Gasteiger partial charge >= 0.3 is 0 Å². The second kappa shape index (κ2) is 8.64. The average Bonchev–Trinajstić information content (AvgIpc) is 2.60. The molecule has 1 saturated heterocycles. The number of nitrogens with one attached hydrogen (secondary N) is 1. The van der Waals surface area contributed by atoms with Crippen LogP contribution in [-0.2, 0) is 16.1 Å². The molecule has 1 atom stereocenters. The van der Waals surface area contributed by atoms with Gasteiger partial charge in [0.2, 0.25) is 5.91 Å². The Bertz CT molecular complexity index is 530. The molecule has 0 spiro atoms. The zero-order valence-electron chi connectivity index (χ0n) is 13.6. The molecule has 1 unspecified atom stereocenters. The summed E-state index contributed by atoms with van der Waals surface area (Å²) in [6.07, 6.45) is 1.65. The van der Waals surface area contributed by atoms with Gasteiger partial charge in [0.25, 0.3) is 5.91 Å². The van der Waals surface area contributed by atoms with Crippen LogP contribution in [0.4, 0.5) is 0 Å². The number of methoxy groups -OCH3 is 1. The number of hydrogen-bond donors (Lipinski definition) is 2. The molecule has 1 aromatic carbocycles. The van der Waals surface area contributed by atoms with E-state index >= 15 is 0 Å². The summed E-state index contributed by atoms with van der Waals surface area (Å²) >= 11 is 0. The molecule has 6 heteroatoms. The van der Waals surface area contributed by atoms with Crippen molar-refractivity contribution in [3.05, 3.63) is 35.4 Å². The van der Waals surface area contributed by atoms with Crippen molar-refractivity contribution in [2.24, 2.45) is 11.7 Å². The van der Waals surface area contributed by atoms with Crippen LogP contribution in [0.15, 0.2) is 24.3 Å². The minimum atomic E-state index is -0.146. The summed E-state index contributed by atoms with van der Waals surface area (Å²) in [5.74, 6) is -0.180. The van der Waals surface area contributed by atoms with Gasteiger partial charge in [-0.05, 0) is 30.5 Å². The number of likely N-dealkylation sites (tertiary alicyclic amines) is 1. The van der Waals surface area contributed by atoms with Gasteiger partial charge in [-0.15, -0.1) is 0 Å². The highest BCUT2D eigenvalue weighted by atomic mass is 16.5. The van der Waals surface area contributed by atoms with Gasteiger partial charge in [-0.2, -0.15) is 0 Å². The summed E-state index contributed by atoms with van der Waals surface area (Å²) in [5, 5.41) is 2.81. The van der Waals surface area contributed by atoms with E-state index < -0.39 is 0 Å².